The zero-order chi connectivity index (χ0) is 9.40. The van der Waals surface area contributed by atoms with Crippen molar-refractivity contribution in [2.24, 2.45) is 0 Å². The smallest absolute Gasteiger partial charge is 0.186 e. The Kier molecular flexibility index (Phi) is 5.39. The van der Waals surface area contributed by atoms with E-state index in [1.165, 1.54) is 0 Å². The van der Waals surface area contributed by atoms with Gasteiger partial charge >= 0.3 is 6.15 Å². The third kappa shape index (κ3) is 4.30. The summed E-state index contributed by atoms with van der Waals surface area (Å²) >= 11 is 0. The summed E-state index contributed by atoms with van der Waals surface area (Å²) in [7, 11) is 0. The van der Waals surface area contributed by atoms with E-state index in [0.29, 0.717) is 0 Å². The van der Waals surface area contributed by atoms with Crippen molar-refractivity contribution in [1.82, 2.24) is 10.2 Å². The predicted molar refractivity (Wildman–Crippen MR) is 41.2 cm³/mol. The summed E-state index contributed by atoms with van der Waals surface area (Å²) in [6.07, 6.45) is 1.22. The normalized spacial score (nSPS) is 7.83. The van der Waals surface area contributed by atoms with Crippen LogP contribution in [-0.2, 0) is 16.0 Å². The molecule has 0 spiro atoms. The molecule has 4 heteroatoms. The Balaban J connectivity index is 0.000000354. The Hall–Kier alpha value is -1.54. The molecule has 0 saturated carbocycles. The Morgan fingerprint density at radius 3 is 2.25 bits per heavy atom. The second-order valence-corrected chi connectivity index (χ2v) is 2.10. The molecular formula is C8H10N2O2. The lowest BCUT2D eigenvalue weighted by Crippen LogP contribution is -1.90. The lowest BCUT2D eigenvalue weighted by molar-refractivity contribution is -0.191. The number of aryl methyl sites for hydroxylation is 2. The van der Waals surface area contributed by atoms with Crippen LogP contribution in [0.2, 0.25) is 0 Å². The Bertz CT molecular complexity index is 250. The predicted octanol–water partition coefficient (Wildman–Crippen LogP) is 0.764. The van der Waals surface area contributed by atoms with Crippen molar-refractivity contribution in [3.05, 3.63) is 23.5 Å². The van der Waals surface area contributed by atoms with E-state index in [1.807, 2.05) is 19.1 Å². The van der Waals surface area contributed by atoms with Gasteiger partial charge in [0.05, 0.1) is 11.4 Å². The molecule has 1 rings (SSSR count). The van der Waals surface area contributed by atoms with Gasteiger partial charge in [0, 0.05) is 0 Å². The fourth-order valence-corrected chi connectivity index (χ4v) is 0.615. The summed E-state index contributed by atoms with van der Waals surface area (Å²) < 4.78 is 0. The fourth-order valence-electron chi connectivity index (χ4n) is 0.615. The van der Waals surface area contributed by atoms with Crippen LogP contribution in [0.3, 0.4) is 0 Å². The van der Waals surface area contributed by atoms with Crippen LogP contribution in [0.1, 0.15) is 18.3 Å². The Morgan fingerprint density at radius 2 is 1.92 bits per heavy atom. The number of hydrogen-bond acceptors (Lipinski definition) is 4. The van der Waals surface area contributed by atoms with E-state index in [-0.39, 0.29) is 6.15 Å². The maximum atomic E-state index is 8.12. The minimum Gasteiger partial charge on any atom is -0.186 e. The van der Waals surface area contributed by atoms with Crippen molar-refractivity contribution >= 4 is 6.15 Å². The van der Waals surface area contributed by atoms with E-state index < -0.39 is 0 Å². The van der Waals surface area contributed by atoms with Crippen molar-refractivity contribution in [3.8, 4) is 0 Å². The number of rotatable bonds is 1. The third-order valence-corrected chi connectivity index (χ3v) is 1.22. The first kappa shape index (κ1) is 10.5. The van der Waals surface area contributed by atoms with Gasteiger partial charge in [-0.3, -0.25) is 0 Å². The van der Waals surface area contributed by atoms with E-state index in [1.54, 1.807) is 0 Å². The molecule has 64 valence electrons. The minimum absolute atomic E-state index is 0.250. The topological polar surface area (TPSA) is 59.9 Å². The molecule has 0 aliphatic heterocycles. The van der Waals surface area contributed by atoms with Crippen LogP contribution in [0.15, 0.2) is 12.1 Å². The molecule has 0 aliphatic carbocycles. The van der Waals surface area contributed by atoms with Gasteiger partial charge in [0.25, 0.3) is 0 Å². The van der Waals surface area contributed by atoms with Crippen LogP contribution >= 0.6 is 0 Å². The highest BCUT2D eigenvalue weighted by Gasteiger charge is 1.88. The summed E-state index contributed by atoms with van der Waals surface area (Å²) in [6, 6.07) is 3.98. The van der Waals surface area contributed by atoms with Crippen LogP contribution in [-0.4, -0.2) is 16.3 Å². The highest BCUT2D eigenvalue weighted by atomic mass is 16.2. The second-order valence-electron chi connectivity index (χ2n) is 2.10. The van der Waals surface area contributed by atoms with Gasteiger partial charge in [-0.2, -0.15) is 19.8 Å². The third-order valence-electron chi connectivity index (χ3n) is 1.22. The highest BCUT2D eigenvalue weighted by molar-refractivity contribution is 5.20. The standard InChI is InChI=1S/C7H10N2.CO2/c1-3-7-5-4-6(2)8-9-7;2-1-3/h4-5H,3H2,1-2H3;. The molecule has 0 amide bonds. The average Bonchev–Trinajstić information content (AvgIpc) is 2.07. The summed E-state index contributed by atoms with van der Waals surface area (Å²) in [5, 5.41) is 7.85. The van der Waals surface area contributed by atoms with Gasteiger partial charge in [0.15, 0.2) is 0 Å². The second kappa shape index (κ2) is 6.19. The lowest BCUT2D eigenvalue weighted by atomic mass is 10.3. The molecule has 0 atom stereocenters. The summed E-state index contributed by atoms with van der Waals surface area (Å²) in [6.45, 7) is 4.01. The fraction of sp³-hybridized carbons (Fsp3) is 0.375. The molecule has 0 radical (unpaired) electrons. The lowest BCUT2D eigenvalue weighted by Gasteiger charge is -1.91. The minimum atomic E-state index is 0.250. The molecule has 0 N–H and O–H groups in total. The first-order valence-corrected chi connectivity index (χ1v) is 3.53. The quantitative estimate of drug-likeness (QED) is 0.618. The average molecular weight is 166 g/mol. The molecule has 1 heterocycles. The molecule has 1 aromatic rings. The number of nitrogens with zero attached hydrogens (tertiary/aromatic N) is 2. The number of hydrogen-bond donors (Lipinski definition) is 0. The maximum Gasteiger partial charge on any atom is 0.373 e. The van der Waals surface area contributed by atoms with E-state index in [4.69, 9.17) is 9.59 Å². The molecule has 0 fully saturated rings. The van der Waals surface area contributed by atoms with Gasteiger partial charge in [0.2, 0.25) is 0 Å². The van der Waals surface area contributed by atoms with Gasteiger partial charge in [-0.1, -0.05) is 6.92 Å². The molecule has 0 bridgehead atoms. The van der Waals surface area contributed by atoms with E-state index >= 15 is 0 Å². The Morgan fingerprint density at radius 1 is 1.33 bits per heavy atom. The van der Waals surface area contributed by atoms with E-state index in [2.05, 4.69) is 17.1 Å². The van der Waals surface area contributed by atoms with Crippen LogP contribution in [0.5, 0.6) is 0 Å². The molecule has 0 aliphatic rings. The highest BCUT2D eigenvalue weighted by Crippen LogP contribution is 1.94. The van der Waals surface area contributed by atoms with Crippen molar-refractivity contribution in [3.63, 3.8) is 0 Å². The zero-order valence-corrected chi connectivity index (χ0v) is 7.07. The first-order chi connectivity index (χ1) is 5.74. The van der Waals surface area contributed by atoms with Crippen molar-refractivity contribution in [1.29, 1.82) is 0 Å². The van der Waals surface area contributed by atoms with Gasteiger partial charge in [0.1, 0.15) is 0 Å². The maximum absolute atomic E-state index is 8.12. The van der Waals surface area contributed by atoms with Crippen molar-refractivity contribution in [2.75, 3.05) is 0 Å². The van der Waals surface area contributed by atoms with E-state index in [9.17, 15) is 0 Å². The number of carbonyl (C=O) groups excluding carboxylic acids is 2. The molecular weight excluding hydrogens is 156 g/mol. The van der Waals surface area contributed by atoms with Crippen molar-refractivity contribution < 1.29 is 9.59 Å². The zero-order valence-electron chi connectivity index (χ0n) is 7.07. The number of aromatic nitrogens is 2. The largest absolute Gasteiger partial charge is 0.373 e. The van der Waals surface area contributed by atoms with Gasteiger partial charge in [-0.05, 0) is 25.5 Å². The molecule has 0 unspecified atom stereocenters. The molecule has 0 saturated heterocycles. The van der Waals surface area contributed by atoms with Crippen LogP contribution < -0.4 is 0 Å². The van der Waals surface area contributed by atoms with Crippen LogP contribution in [0.4, 0.5) is 0 Å². The van der Waals surface area contributed by atoms with E-state index in [0.717, 1.165) is 17.8 Å². The molecule has 12 heavy (non-hydrogen) atoms. The van der Waals surface area contributed by atoms with Gasteiger partial charge < -0.3 is 0 Å². The summed E-state index contributed by atoms with van der Waals surface area (Å²) in [4.78, 5) is 16.2. The van der Waals surface area contributed by atoms with Gasteiger partial charge in [-0.15, -0.1) is 0 Å². The Labute approximate surface area is 70.6 Å². The molecule has 0 aromatic carbocycles. The van der Waals surface area contributed by atoms with Gasteiger partial charge in [-0.25, -0.2) is 0 Å². The van der Waals surface area contributed by atoms with Crippen molar-refractivity contribution in [2.45, 2.75) is 20.3 Å². The summed E-state index contributed by atoms with van der Waals surface area (Å²) in [5.41, 5.74) is 2.04. The van der Waals surface area contributed by atoms with Crippen LogP contribution in [0.25, 0.3) is 0 Å². The first-order valence-electron chi connectivity index (χ1n) is 3.53. The monoisotopic (exact) mass is 166 g/mol. The SMILES string of the molecule is CCc1ccc(C)nn1.O=C=O. The molecule has 1 aromatic heterocycles. The molecule has 4 nitrogen and oxygen atoms in total. The summed E-state index contributed by atoms with van der Waals surface area (Å²) in [5.74, 6) is 0. The van der Waals surface area contributed by atoms with Crippen LogP contribution in [0, 0.1) is 6.92 Å².